The fraction of sp³-hybridized carbons (Fsp3) is 0.652. The molecule has 5 rings (SSSR count). The third kappa shape index (κ3) is 4.99. The molecular weight excluding hydrogens is 555 g/mol. The van der Waals surface area contributed by atoms with Gasteiger partial charge in [0, 0.05) is 35.9 Å². The zero-order valence-corrected chi connectivity index (χ0v) is 22.8. The third-order valence-corrected chi connectivity index (χ3v) is 8.88. The van der Waals surface area contributed by atoms with Crippen LogP contribution in [0.2, 0.25) is 0 Å². The van der Waals surface area contributed by atoms with E-state index in [0.29, 0.717) is 0 Å². The number of hydrogen-bond donors (Lipinski definition) is 5. The number of rotatable bonds is 8. The number of ether oxygens (including phenoxy) is 2. The van der Waals surface area contributed by atoms with E-state index >= 15 is 0 Å². The molecule has 0 radical (unpaired) electrons. The highest BCUT2D eigenvalue weighted by atomic mass is 31.2. The van der Waals surface area contributed by atoms with Crippen molar-refractivity contribution in [2.24, 2.45) is 11.8 Å². The van der Waals surface area contributed by atoms with Gasteiger partial charge in [-0.2, -0.15) is 0 Å². The van der Waals surface area contributed by atoms with Crippen molar-refractivity contribution in [2.75, 3.05) is 13.2 Å². The minimum absolute atomic E-state index is 0.121. The Kier molecular flexibility index (Phi) is 7.42. The first-order chi connectivity index (χ1) is 18.7. The Morgan fingerprint density at radius 3 is 2.33 bits per heavy atom. The minimum Gasteiger partial charge on any atom is -0.394 e. The molecule has 2 bridgehead atoms. The highest BCUT2D eigenvalue weighted by Crippen LogP contribution is 2.57. The number of phosphoric ester groups is 1. The van der Waals surface area contributed by atoms with Crippen molar-refractivity contribution < 1.29 is 38.2 Å². The second-order valence-electron chi connectivity index (χ2n) is 10.7. The largest absolute Gasteiger partial charge is 0.472 e. The predicted octanol–water partition coefficient (Wildman–Crippen LogP) is -1.23. The molecule has 2 saturated heterocycles. The zero-order chi connectivity index (χ0) is 29.1. The van der Waals surface area contributed by atoms with Crippen molar-refractivity contribution in [3.63, 3.8) is 0 Å². The third-order valence-electron chi connectivity index (χ3n) is 7.89. The maximum atomic E-state index is 13.0. The topological polar surface area (TPSA) is 224 Å². The molecule has 0 aromatic carbocycles. The summed E-state index contributed by atoms with van der Waals surface area (Å²) in [6.07, 6.45) is -2.62. The summed E-state index contributed by atoms with van der Waals surface area (Å²) >= 11 is 0. The van der Waals surface area contributed by atoms with Crippen molar-refractivity contribution in [3.05, 3.63) is 65.2 Å². The van der Waals surface area contributed by atoms with Crippen LogP contribution in [0.3, 0.4) is 0 Å². The van der Waals surface area contributed by atoms with Gasteiger partial charge in [0.25, 0.3) is 11.1 Å². The van der Waals surface area contributed by atoms with Crippen LogP contribution in [0.15, 0.2) is 31.6 Å². The quantitative estimate of drug-likeness (QED) is 0.229. The van der Waals surface area contributed by atoms with E-state index in [1.54, 1.807) is 0 Å². The molecule has 3 aliphatic rings. The van der Waals surface area contributed by atoms with Gasteiger partial charge in [-0.3, -0.25) is 37.7 Å². The molecule has 0 spiro atoms. The summed E-state index contributed by atoms with van der Waals surface area (Å²) in [5.74, 6) is -0.732. The molecule has 4 heterocycles. The molecule has 1 saturated carbocycles. The second-order valence-corrected chi connectivity index (χ2v) is 12.1. The second kappa shape index (κ2) is 10.3. The summed E-state index contributed by atoms with van der Waals surface area (Å²) in [5.41, 5.74) is -3.53. The number of aliphatic hydroxyl groups excluding tert-OH is 2. The van der Waals surface area contributed by atoms with Crippen LogP contribution in [-0.2, 0) is 23.1 Å². The highest BCUT2D eigenvalue weighted by Gasteiger charge is 2.64. The van der Waals surface area contributed by atoms with E-state index in [2.05, 4.69) is 9.97 Å². The Balaban J connectivity index is 1.30. The van der Waals surface area contributed by atoms with Crippen LogP contribution in [0.4, 0.5) is 0 Å². The standard InChI is InChI=1S/C23H31N4O12P/c1-10-5-23(17(29)16(10)20(38-23)27-7-12(3)19(31)25-22(27)33)9-36-40(34,35)39-13-4-15(37-14(13)8-28)26-6-11(2)18(30)24-21(26)32/h6-7,10,13-17,20,28-29H,4-5,8-9H2,1-3H3,(H,34,35)(H,24,30,32)(H,25,31,33)/t10-,13-,14+,15+,16-,17-,20+,23+/m0/s1. The minimum atomic E-state index is -4.83. The number of aromatic nitrogens is 4. The lowest BCUT2D eigenvalue weighted by Crippen LogP contribution is -2.43. The van der Waals surface area contributed by atoms with Gasteiger partial charge in [0.05, 0.1) is 19.3 Å². The lowest BCUT2D eigenvalue weighted by Gasteiger charge is -2.34. The molecule has 40 heavy (non-hydrogen) atoms. The van der Waals surface area contributed by atoms with E-state index in [4.69, 9.17) is 18.5 Å². The van der Waals surface area contributed by atoms with Gasteiger partial charge < -0.3 is 24.6 Å². The SMILES string of the molecule is Cc1cn([C@@H]2O[C@@]3(COP(=O)(O)O[C@H]4C[C@H](n5cc(C)c(=O)[nH]c5=O)O[C@@H]4CO)C[C@H](C)[C@H]2[C@@H]3O)c(=O)[nH]c1=O. The molecule has 17 heteroatoms. The number of H-pyrrole nitrogens is 2. The van der Waals surface area contributed by atoms with Crippen LogP contribution in [0.5, 0.6) is 0 Å². The molecular formula is C23H31N4O12P. The number of nitrogens with zero attached hydrogens (tertiary/aromatic N) is 2. The van der Waals surface area contributed by atoms with Crippen molar-refractivity contribution in [2.45, 2.75) is 70.0 Å². The van der Waals surface area contributed by atoms with Crippen LogP contribution in [0, 0.1) is 25.7 Å². The first-order valence-electron chi connectivity index (χ1n) is 12.7. The normalized spacial score (nSPS) is 34.8. The monoisotopic (exact) mass is 586 g/mol. The molecule has 5 N–H and O–H groups in total. The summed E-state index contributed by atoms with van der Waals surface area (Å²) in [5, 5.41) is 20.8. The number of fused-ring (bicyclic) bond motifs is 2. The fourth-order valence-electron chi connectivity index (χ4n) is 5.87. The molecule has 2 aromatic heterocycles. The Hall–Kier alpha value is -2.69. The van der Waals surface area contributed by atoms with E-state index < -0.39 is 85.8 Å². The highest BCUT2D eigenvalue weighted by molar-refractivity contribution is 7.47. The Morgan fingerprint density at radius 1 is 1.10 bits per heavy atom. The number of aromatic amines is 2. The molecule has 16 nitrogen and oxygen atoms in total. The summed E-state index contributed by atoms with van der Waals surface area (Å²) in [7, 11) is -4.83. The van der Waals surface area contributed by atoms with E-state index in [0.717, 1.165) is 4.57 Å². The Morgan fingerprint density at radius 2 is 1.70 bits per heavy atom. The number of aryl methyl sites for hydroxylation is 2. The smallest absolute Gasteiger partial charge is 0.394 e. The molecule has 2 aromatic rings. The van der Waals surface area contributed by atoms with Crippen LogP contribution in [0.25, 0.3) is 0 Å². The molecule has 1 aliphatic carbocycles. The lowest BCUT2D eigenvalue weighted by atomic mass is 9.95. The van der Waals surface area contributed by atoms with Crippen LogP contribution in [-0.4, -0.2) is 71.3 Å². The average Bonchev–Trinajstić information content (AvgIpc) is 3.48. The van der Waals surface area contributed by atoms with Gasteiger partial charge >= 0.3 is 19.2 Å². The van der Waals surface area contributed by atoms with Crippen LogP contribution < -0.4 is 22.5 Å². The zero-order valence-electron chi connectivity index (χ0n) is 21.9. The van der Waals surface area contributed by atoms with E-state index in [1.807, 2.05) is 6.92 Å². The molecule has 3 fully saturated rings. The number of aliphatic hydroxyl groups is 2. The Labute approximate surface area is 225 Å². The maximum Gasteiger partial charge on any atom is 0.472 e. The summed E-state index contributed by atoms with van der Waals surface area (Å²) in [4.78, 5) is 63.1. The Bertz CT molecular complexity index is 1580. The van der Waals surface area contributed by atoms with Gasteiger partial charge in [0.1, 0.15) is 30.3 Å². The van der Waals surface area contributed by atoms with E-state index in [1.165, 1.54) is 30.8 Å². The first-order valence-corrected chi connectivity index (χ1v) is 14.2. The lowest BCUT2D eigenvalue weighted by molar-refractivity contribution is -0.149. The fourth-order valence-corrected chi connectivity index (χ4v) is 6.88. The number of nitrogens with one attached hydrogen (secondary N) is 2. The summed E-state index contributed by atoms with van der Waals surface area (Å²) in [6.45, 7) is 3.69. The van der Waals surface area contributed by atoms with E-state index in [9.17, 15) is 38.8 Å². The molecule has 2 aliphatic heterocycles. The van der Waals surface area contributed by atoms with Gasteiger partial charge in [0.2, 0.25) is 0 Å². The van der Waals surface area contributed by atoms with Gasteiger partial charge in [-0.1, -0.05) is 6.92 Å². The number of hydrogen-bond acceptors (Lipinski definition) is 11. The maximum absolute atomic E-state index is 13.0. The van der Waals surface area contributed by atoms with Crippen molar-refractivity contribution >= 4 is 7.82 Å². The molecule has 9 atom stereocenters. The number of phosphoric acid groups is 1. The van der Waals surface area contributed by atoms with Crippen molar-refractivity contribution in [1.29, 1.82) is 0 Å². The first kappa shape index (κ1) is 28.8. The van der Waals surface area contributed by atoms with Crippen molar-refractivity contribution in [3.8, 4) is 0 Å². The van der Waals surface area contributed by atoms with Crippen LogP contribution in [0.1, 0.15) is 43.3 Å². The van der Waals surface area contributed by atoms with Crippen LogP contribution >= 0.6 is 7.82 Å². The van der Waals surface area contributed by atoms with E-state index in [-0.39, 0.29) is 29.9 Å². The van der Waals surface area contributed by atoms with Gasteiger partial charge in [-0.05, 0) is 26.2 Å². The molecule has 1 unspecified atom stereocenters. The van der Waals surface area contributed by atoms with Gasteiger partial charge in [-0.15, -0.1) is 0 Å². The molecule has 220 valence electrons. The summed E-state index contributed by atoms with van der Waals surface area (Å²) in [6, 6.07) is 0. The van der Waals surface area contributed by atoms with Gasteiger partial charge in [0.15, 0.2) is 0 Å². The average molecular weight is 586 g/mol. The van der Waals surface area contributed by atoms with Gasteiger partial charge in [-0.25, -0.2) is 14.2 Å². The van der Waals surface area contributed by atoms with Crippen molar-refractivity contribution in [1.82, 2.24) is 19.1 Å². The summed E-state index contributed by atoms with van der Waals surface area (Å²) < 4.78 is 37.5. The predicted molar refractivity (Wildman–Crippen MR) is 135 cm³/mol. The molecule has 0 amide bonds.